The van der Waals surface area contributed by atoms with E-state index in [-0.39, 0.29) is 17.7 Å². The summed E-state index contributed by atoms with van der Waals surface area (Å²) in [7, 11) is 1.80. The van der Waals surface area contributed by atoms with Gasteiger partial charge in [-0.2, -0.15) is 0 Å². The van der Waals surface area contributed by atoms with Gasteiger partial charge in [0.15, 0.2) is 0 Å². The fraction of sp³-hybridized carbons (Fsp3) is 0.533. The average Bonchev–Trinajstić information content (AvgIpc) is 2.38. The summed E-state index contributed by atoms with van der Waals surface area (Å²) in [6, 6.07) is 6.40. The topological polar surface area (TPSA) is 66.6 Å². The molecule has 0 spiro atoms. The number of amides is 1. The van der Waals surface area contributed by atoms with Crippen LogP contribution in [0.3, 0.4) is 0 Å². The van der Waals surface area contributed by atoms with Gasteiger partial charge < -0.3 is 15.7 Å². The number of likely N-dealkylation sites (N-methyl/N-ethyl adjacent to an activating group) is 1. The van der Waals surface area contributed by atoms with Crippen LogP contribution < -0.4 is 5.73 Å². The van der Waals surface area contributed by atoms with Crippen molar-refractivity contribution in [3.63, 3.8) is 0 Å². The van der Waals surface area contributed by atoms with Crippen molar-refractivity contribution < 1.29 is 9.90 Å². The van der Waals surface area contributed by atoms with Crippen LogP contribution in [0.2, 0.25) is 0 Å². The molecule has 3 N–H and O–H groups in total. The molecule has 4 heteroatoms. The maximum Gasteiger partial charge on any atom is 0.239 e. The van der Waals surface area contributed by atoms with E-state index in [4.69, 9.17) is 5.73 Å². The van der Waals surface area contributed by atoms with Crippen molar-refractivity contribution in [3.8, 4) is 5.75 Å². The highest BCUT2D eigenvalue weighted by Gasteiger charge is 2.23. The number of phenolic OH excluding ortho intramolecular Hbond substituents is 1. The molecule has 1 rings (SSSR count). The van der Waals surface area contributed by atoms with Gasteiger partial charge in [0.1, 0.15) is 5.75 Å². The number of carbonyl (C=O) groups excluding carboxylic acids is 1. The fourth-order valence-electron chi connectivity index (χ4n) is 1.88. The first-order valence-electron chi connectivity index (χ1n) is 6.63. The highest BCUT2D eigenvalue weighted by atomic mass is 16.3. The number of carbonyl (C=O) groups is 1. The monoisotopic (exact) mass is 264 g/mol. The van der Waals surface area contributed by atoms with E-state index in [0.717, 1.165) is 5.56 Å². The van der Waals surface area contributed by atoms with Gasteiger partial charge in [-0.1, -0.05) is 26.0 Å². The smallest absolute Gasteiger partial charge is 0.239 e. The molecule has 0 aliphatic heterocycles. The summed E-state index contributed by atoms with van der Waals surface area (Å²) in [5.74, 6) is 0.568. The molecule has 4 nitrogen and oxygen atoms in total. The van der Waals surface area contributed by atoms with Crippen LogP contribution in [0.1, 0.15) is 26.3 Å². The Kier molecular flexibility index (Phi) is 5.36. The molecule has 2 atom stereocenters. The largest absolute Gasteiger partial charge is 0.508 e. The van der Waals surface area contributed by atoms with Gasteiger partial charge in [-0.05, 0) is 37.0 Å². The van der Waals surface area contributed by atoms with Crippen molar-refractivity contribution >= 4 is 5.91 Å². The van der Waals surface area contributed by atoms with Crippen LogP contribution in [0.15, 0.2) is 24.3 Å². The van der Waals surface area contributed by atoms with E-state index < -0.39 is 6.04 Å². The predicted octanol–water partition coefficient (Wildman–Crippen LogP) is 1.76. The number of phenols is 1. The molecule has 0 bridgehead atoms. The van der Waals surface area contributed by atoms with E-state index in [0.29, 0.717) is 12.3 Å². The van der Waals surface area contributed by atoms with Gasteiger partial charge in [0, 0.05) is 13.1 Å². The first-order chi connectivity index (χ1) is 8.82. The summed E-state index contributed by atoms with van der Waals surface area (Å²) in [6.07, 6.45) is 0.480. The maximum atomic E-state index is 12.2. The Hall–Kier alpha value is -1.55. The Balaban J connectivity index is 2.64. The normalized spacial score (nSPS) is 14.2. The summed E-state index contributed by atoms with van der Waals surface area (Å²) in [5.41, 5.74) is 6.92. The van der Waals surface area contributed by atoms with Gasteiger partial charge in [0.2, 0.25) is 5.91 Å². The molecule has 0 aliphatic carbocycles. The van der Waals surface area contributed by atoms with Gasteiger partial charge in [0.25, 0.3) is 0 Å². The molecular weight excluding hydrogens is 240 g/mol. The SMILES string of the molecule is CC(C)C(C)N(C)C(=O)[C@H](N)Cc1ccc(O)cc1. The van der Waals surface area contributed by atoms with E-state index in [1.54, 1.807) is 36.2 Å². The van der Waals surface area contributed by atoms with Crippen molar-refractivity contribution in [2.24, 2.45) is 11.7 Å². The van der Waals surface area contributed by atoms with Crippen molar-refractivity contribution in [1.82, 2.24) is 4.90 Å². The second-order valence-corrected chi connectivity index (χ2v) is 5.41. The second-order valence-electron chi connectivity index (χ2n) is 5.41. The van der Waals surface area contributed by atoms with Gasteiger partial charge in [0.05, 0.1) is 6.04 Å². The number of aromatic hydroxyl groups is 1. The van der Waals surface area contributed by atoms with Crippen LogP contribution in [-0.4, -0.2) is 35.0 Å². The Morgan fingerprint density at radius 3 is 2.26 bits per heavy atom. The first-order valence-corrected chi connectivity index (χ1v) is 6.63. The summed E-state index contributed by atoms with van der Waals surface area (Å²) in [4.78, 5) is 13.9. The van der Waals surface area contributed by atoms with Gasteiger partial charge in [-0.3, -0.25) is 4.79 Å². The summed E-state index contributed by atoms with van der Waals surface area (Å²) in [5, 5.41) is 9.22. The molecule has 1 amide bonds. The van der Waals surface area contributed by atoms with E-state index >= 15 is 0 Å². The average molecular weight is 264 g/mol. The highest BCUT2D eigenvalue weighted by molar-refractivity contribution is 5.82. The molecule has 1 aromatic carbocycles. The predicted molar refractivity (Wildman–Crippen MR) is 76.9 cm³/mol. The van der Waals surface area contributed by atoms with Crippen LogP contribution in [0, 0.1) is 5.92 Å². The van der Waals surface area contributed by atoms with Crippen LogP contribution in [0.4, 0.5) is 0 Å². The fourth-order valence-corrected chi connectivity index (χ4v) is 1.88. The lowest BCUT2D eigenvalue weighted by atomic mass is 10.0. The molecule has 0 heterocycles. The van der Waals surface area contributed by atoms with Crippen molar-refractivity contribution in [3.05, 3.63) is 29.8 Å². The summed E-state index contributed by atoms with van der Waals surface area (Å²) < 4.78 is 0. The van der Waals surface area contributed by atoms with Crippen LogP contribution in [-0.2, 0) is 11.2 Å². The minimum Gasteiger partial charge on any atom is -0.508 e. The van der Waals surface area contributed by atoms with Gasteiger partial charge in [-0.15, -0.1) is 0 Å². The Morgan fingerprint density at radius 2 is 1.79 bits per heavy atom. The van der Waals surface area contributed by atoms with E-state index in [1.807, 2.05) is 6.92 Å². The zero-order chi connectivity index (χ0) is 14.6. The van der Waals surface area contributed by atoms with Crippen LogP contribution >= 0.6 is 0 Å². The Morgan fingerprint density at radius 1 is 1.26 bits per heavy atom. The molecule has 1 aromatic rings. The van der Waals surface area contributed by atoms with Gasteiger partial charge in [-0.25, -0.2) is 0 Å². The number of benzene rings is 1. The Bertz CT molecular complexity index is 415. The molecule has 0 saturated heterocycles. The molecule has 0 aromatic heterocycles. The van der Waals surface area contributed by atoms with E-state index in [1.165, 1.54) is 0 Å². The second kappa shape index (κ2) is 6.57. The van der Waals surface area contributed by atoms with Crippen molar-refractivity contribution in [2.45, 2.75) is 39.3 Å². The maximum absolute atomic E-state index is 12.2. The van der Waals surface area contributed by atoms with E-state index in [2.05, 4.69) is 13.8 Å². The highest BCUT2D eigenvalue weighted by Crippen LogP contribution is 2.13. The molecule has 0 fully saturated rings. The lowest BCUT2D eigenvalue weighted by Gasteiger charge is -2.30. The van der Waals surface area contributed by atoms with Crippen LogP contribution in [0.25, 0.3) is 0 Å². The summed E-state index contributed by atoms with van der Waals surface area (Å²) in [6.45, 7) is 6.19. The number of rotatable bonds is 5. The standard InChI is InChI=1S/C15H24N2O2/c1-10(2)11(3)17(4)15(19)14(16)9-12-5-7-13(18)8-6-12/h5-8,10-11,14,18H,9,16H2,1-4H3/t11?,14-/m1/s1. The minimum absolute atomic E-state index is 0.0470. The minimum atomic E-state index is -0.546. The molecular formula is C15H24N2O2. The number of nitrogens with two attached hydrogens (primary N) is 1. The zero-order valence-corrected chi connectivity index (χ0v) is 12.1. The van der Waals surface area contributed by atoms with Crippen molar-refractivity contribution in [2.75, 3.05) is 7.05 Å². The molecule has 19 heavy (non-hydrogen) atoms. The third kappa shape index (κ3) is 4.24. The number of hydrogen-bond donors (Lipinski definition) is 2. The zero-order valence-electron chi connectivity index (χ0n) is 12.1. The van der Waals surface area contributed by atoms with Crippen LogP contribution in [0.5, 0.6) is 5.75 Å². The third-order valence-electron chi connectivity index (χ3n) is 3.63. The molecule has 106 valence electrons. The summed E-state index contributed by atoms with van der Waals surface area (Å²) >= 11 is 0. The lowest BCUT2D eigenvalue weighted by Crippen LogP contribution is -2.48. The van der Waals surface area contributed by atoms with E-state index in [9.17, 15) is 9.90 Å². The quantitative estimate of drug-likeness (QED) is 0.851. The van der Waals surface area contributed by atoms with Gasteiger partial charge >= 0.3 is 0 Å². The number of hydrogen-bond acceptors (Lipinski definition) is 3. The molecule has 1 unspecified atom stereocenters. The van der Waals surface area contributed by atoms with Crippen molar-refractivity contribution in [1.29, 1.82) is 0 Å². The molecule has 0 saturated carbocycles. The third-order valence-corrected chi connectivity index (χ3v) is 3.63. The first kappa shape index (κ1) is 15.5. The lowest BCUT2D eigenvalue weighted by molar-refractivity contribution is -0.133. The molecule has 0 radical (unpaired) electrons. The molecule has 0 aliphatic rings. The number of nitrogens with zero attached hydrogens (tertiary/aromatic N) is 1. The Labute approximate surface area is 115 Å².